The molecule has 0 radical (unpaired) electrons. The molecule has 3 aliphatic carbocycles. The number of pyridine rings is 1. The van der Waals surface area contributed by atoms with Gasteiger partial charge in [-0.15, -0.1) is 11.3 Å². The number of methoxy groups -OCH3 is 1. The van der Waals surface area contributed by atoms with E-state index >= 15 is 0 Å². The van der Waals surface area contributed by atoms with Gasteiger partial charge in [-0.25, -0.2) is 18.4 Å². The zero-order chi connectivity index (χ0) is 37.7. The summed E-state index contributed by atoms with van der Waals surface area (Å²) in [5, 5.41) is 5.99. The molecule has 0 unspecified atom stereocenters. The molecule has 2 aromatic heterocycles. The number of benzene rings is 1. The van der Waals surface area contributed by atoms with Crippen LogP contribution in [0.15, 0.2) is 35.7 Å². The van der Waals surface area contributed by atoms with Gasteiger partial charge in [-0.05, 0) is 75.8 Å². The first kappa shape index (κ1) is 37.3. The second kappa shape index (κ2) is 14.7. The Kier molecular flexibility index (Phi) is 10.3. The minimum absolute atomic E-state index is 0.145. The SMILES string of the molecule is CCc1c(OC)ccc2c(O[C@@H]3C[C@H]4C(=O)N[C@]5(C(=O)NS(=O)(=O)C6CC6)C[C@H]5/C=C\CCCCN(C)C(=O)[C@@H]4C3)cc(-c3nc(C(C)C)cs3)nc12. The predicted octanol–water partition coefficient (Wildman–Crippen LogP) is 5.51. The van der Waals surface area contributed by atoms with Gasteiger partial charge in [0.25, 0.3) is 5.91 Å². The molecule has 3 fully saturated rings. The summed E-state index contributed by atoms with van der Waals surface area (Å²) >= 11 is 1.52. The quantitative estimate of drug-likeness (QED) is 0.269. The van der Waals surface area contributed by atoms with E-state index in [-0.39, 0.29) is 30.6 Å². The Morgan fingerprint density at radius 1 is 1.13 bits per heavy atom. The van der Waals surface area contributed by atoms with Crippen molar-refractivity contribution in [2.75, 3.05) is 20.7 Å². The highest BCUT2D eigenvalue weighted by Gasteiger charge is 2.62. The van der Waals surface area contributed by atoms with Crippen molar-refractivity contribution in [3.8, 4) is 22.2 Å². The smallest absolute Gasteiger partial charge is 0.259 e. The molecule has 3 amide bonds. The molecule has 4 aliphatic rings. The molecule has 0 bridgehead atoms. The standard InChI is InChI=1S/C39H49N5O7S2/c1-6-26-32(50-5)15-14-27-33(19-30(40-34(26)27)36-41-31(21-52-36)22(2)3)51-24-17-28-29(18-24)37(46)44(4)16-10-8-7-9-11-23-20-39(23,42-35(28)45)38(47)43-53(48,49)25-12-13-25/h9,11,14-15,19,21-25,28-29H,6-8,10,12-13,16-18,20H2,1-5H3,(H,42,45)(H,43,47)/b11-9-/t23-,24-,28-,29-,39-/m1/s1. The van der Waals surface area contributed by atoms with E-state index in [1.807, 2.05) is 35.7 Å². The highest BCUT2D eigenvalue weighted by Crippen LogP contribution is 2.47. The number of hydrogen-bond donors (Lipinski definition) is 2. The monoisotopic (exact) mass is 763 g/mol. The van der Waals surface area contributed by atoms with Crippen molar-refractivity contribution in [3.05, 3.63) is 47.0 Å². The lowest BCUT2D eigenvalue weighted by molar-refractivity contribution is -0.140. The molecular weight excluding hydrogens is 715 g/mol. The number of amides is 3. The molecule has 5 atom stereocenters. The van der Waals surface area contributed by atoms with Crippen LogP contribution < -0.4 is 19.5 Å². The highest BCUT2D eigenvalue weighted by molar-refractivity contribution is 7.91. The number of fused-ring (bicyclic) bond motifs is 3. The van der Waals surface area contributed by atoms with Gasteiger partial charge < -0.3 is 19.7 Å². The number of aromatic nitrogens is 2. The van der Waals surface area contributed by atoms with Gasteiger partial charge in [-0.3, -0.25) is 19.1 Å². The second-order valence-electron chi connectivity index (χ2n) is 15.3. The largest absolute Gasteiger partial charge is 0.496 e. The second-order valence-corrected chi connectivity index (χ2v) is 18.1. The number of nitrogens with zero attached hydrogens (tertiary/aromatic N) is 3. The fourth-order valence-electron chi connectivity index (χ4n) is 7.78. The number of hydrogen-bond acceptors (Lipinski definition) is 10. The lowest BCUT2D eigenvalue weighted by Crippen LogP contribution is -2.54. The van der Waals surface area contributed by atoms with Gasteiger partial charge in [0.1, 0.15) is 33.8 Å². The van der Waals surface area contributed by atoms with E-state index in [0.717, 1.165) is 52.2 Å². The first-order valence-electron chi connectivity index (χ1n) is 18.8. The van der Waals surface area contributed by atoms with E-state index in [9.17, 15) is 22.8 Å². The Bertz CT molecular complexity index is 2060. The molecule has 1 aromatic carbocycles. The van der Waals surface area contributed by atoms with Gasteiger partial charge in [0, 0.05) is 41.9 Å². The summed E-state index contributed by atoms with van der Waals surface area (Å²) in [6.45, 7) is 6.81. The summed E-state index contributed by atoms with van der Waals surface area (Å²) in [6, 6.07) is 5.73. The maximum atomic E-state index is 14.3. The summed E-state index contributed by atoms with van der Waals surface area (Å²) in [4.78, 5) is 53.7. The average Bonchev–Trinajstić information content (AvgIpc) is 4.01. The number of ether oxygens (including phenoxy) is 2. The zero-order valence-corrected chi connectivity index (χ0v) is 32.6. The number of sulfonamides is 1. The average molecular weight is 764 g/mol. The van der Waals surface area contributed by atoms with E-state index in [2.05, 4.69) is 30.8 Å². The number of carbonyl (C=O) groups excluding carboxylic acids is 3. The fourth-order valence-corrected chi connectivity index (χ4v) is 10.1. The van der Waals surface area contributed by atoms with Crippen molar-refractivity contribution in [3.63, 3.8) is 0 Å². The maximum absolute atomic E-state index is 14.3. The first-order chi connectivity index (χ1) is 25.3. The van der Waals surface area contributed by atoms with Gasteiger partial charge in [0.15, 0.2) is 0 Å². The minimum atomic E-state index is -3.83. The molecule has 0 saturated heterocycles. The first-order valence-corrected chi connectivity index (χ1v) is 21.2. The number of nitrogens with one attached hydrogen (secondary N) is 2. The van der Waals surface area contributed by atoms with Crippen LogP contribution in [0.2, 0.25) is 0 Å². The van der Waals surface area contributed by atoms with Crippen molar-refractivity contribution >= 4 is 50.0 Å². The van der Waals surface area contributed by atoms with Gasteiger partial charge in [0.05, 0.1) is 35.4 Å². The lowest BCUT2D eigenvalue weighted by Gasteiger charge is -2.26. The zero-order valence-electron chi connectivity index (χ0n) is 31.0. The van der Waals surface area contributed by atoms with Crippen LogP contribution in [0.1, 0.15) is 89.3 Å². The van der Waals surface area contributed by atoms with E-state index in [1.165, 1.54) is 11.3 Å². The third-order valence-corrected chi connectivity index (χ3v) is 13.9. The van der Waals surface area contributed by atoms with Crippen LogP contribution in [0.5, 0.6) is 11.5 Å². The van der Waals surface area contributed by atoms with Crippen LogP contribution in [0.3, 0.4) is 0 Å². The molecular formula is C39H49N5O7S2. The van der Waals surface area contributed by atoms with Crippen molar-refractivity contribution in [1.82, 2.24) is 24.9 Å². The summed E-state index contributed by atoms with van der Waals surface area (Å²) in [5.74, 6) is -1.58. The van der Waals surface area contributed by atoms with Crippen LogP contribution in [-0.2, 0) is 30.8 Å². The van der Waals surface area contributed by atoms with E-state index in [1.54, 1.807) is 19.1 Å². The van der Waals surface area contributed by atoms with Gasteiger partial charge >= 0.3 is 0 Å². The molecule has 7 rings (SSSR count). The summed E-state index contributed by atoms with van der Waals surface area (Å²) in [5.41, 5.74) is 1.93. The highest BCUT2D eigenvalue weighted by atomic mass is 32.2. The van der Waals surface area contributed by atoms with E-state index < -0.39 is 50.6 Å². The summed E-state index contributed by atoms with van der Waals surface area (Å²) in [6.07, 6.45) is 8.30. The minimum Gasteiger partial charge on any atom is -0.496 e. The molecule has 3 aromatic rings. The summed E-state index contributed by atoms with van der Waals surface area (Å²) in [7, 11) is -0.423. The number of thiazole rings is 1. The van der Waals surface area contributed by atoms with E-state index in [0.29, 0.717) is 43.7 Å². The van der Waals surface area contributed by atoms with Crippen LogP contribution in [-0.4, -0.2) is 78.6 Å². The van der Waals surface area contributed by atoms with Crippen molar-refractivity contribution < 1.29 is 32.3 Å². The third-order valence-electron chi connectivity index (χ3n) is 11.2. The normalized spacial score (nSPS) is 27.1. The Hall–Kier alpha value is -4.04. The molecule has 3 heterocycles. The molecule has 14 heteroatoms. The summed E-state index contributed by atoms with van der Waals surface area (Å²) < 4.78 is 40.4. The number of allylic oxidation sites excluding steroid dienone is 1. The molecule has 3 saturated carbocycles. The predicted molar refractivity (Wildman–Crippen MR) is 203 cm³/mol. The number of rotatable bonds is 9. The van der Waals surface area contributed by atoms with Crippen LogP contribution in [0.4, 0.5) is 0 Å². The van der Waals surface area contributed by atoms with Crippen LogP contribution in [0, 0.1) is 17.8 Å². The molecule has 2 N–H and O–H groups in total. The molecule has 0 spiro atoms. The third kappa shape index (κ3) is 7.41. The van der Waals surface area contributed by atoms with Crippen molar-refractivity contribution in [2.45, 2.75) is 101 Å². The van der Waals surface area contributed by atoms with Gasteiger partial charge in [0.2, 0.25) is 21.8 Å². The Morgan fingerprint density at radius 3 is 2.60 bits per heavy atom. The number of carbonyl (C=O) groups is 3. The van der Waals surface area contributed by atoms with E-state index in [4.69, 9.17) is 19.4 Å². The topological polar surface area (TPSA) is 157 Å². The molecule has 284 valence electrons. The molecule has 1 aliphatic heterocycles. The van der Waals surface area contributed by atoms with Gasteiger partial charge in [-0.2, -0.15) is 0 Å². The van der Waals surface area contributed by atoms with Gasteiger partial charge in [-0.1, -0.05) is 32.9 Å². The van der Waals surface area contributed by atoms with Crippen molar-refractivity contribution in [1.29, 1.82) is 0 Å². The Morgan fingerprint density at radius 2 is 1.91 bits per heavy atom. The lowest BCUT2D eigenvalue weighted by atomic mass is 9.93. The number of aryl methyl sites for hydroxylation is 1. The molecule has 53 heavy (non-hydrogen) atoms. The Balaban J connectivity index is 1.22. The fraction of sp³-hybridized carbons (Fsp3) is 0.564. The maximum Gasteiger partial charge on any atom is 0.259 e. The van der Waals surface area contributed by atoms with Crippen LogP contribution >= 0.6 is 11.3 Å². The van der Waals surface area contributed by atoms with Crippen molar-refractivity contribution in [2.24, 2.45) is 17.8 Å². The molecule has 12 nitrogen and oxygen atoms in total. The van der Waals surface area contributed by atoms with Crippen LogP contribution in [0.25, 0.3) is 21.6 Å². The Labute approximate surface area is 315 Å².